The quantitative estimate of drug-likeness (QED) is 0.366. The highest BCUT2D eigenvalue weighted by atomic mass is 16.6. The maximum Gasteiger partial charge on any atom is 0.409 e. The van der Waals surface area contributed by atoms with Gasteiger partial charge in [0.15, 0.2) is 5.96 Å². The lowest BCUT2D eigenvalue weighted by Crippen LogP contribution is -2.50. The molecule has 0 spiro atoms. The lowest BCUT2D eigenvalue weighted by atomic mass is 10.1. The SMILES string of the molecule is CCNC(=NCCOCCOC)NC1CCN(C(=O)OCC)CC1. The number of methoxy groups -OCH3 is 1. The predicted molar refractivity (Wildman–Crippen MR) is 93.4 cm³/mol. The summed E-state index contributed by atoms with van der Waals surface area (Å²) in [6.07, 6.45) is 1.55. The molecule has 2 N–H and O–H groups in total. The number of guanidine groups is 1. The zero-order valence-corrected chi connectivity index (χ0v) is 15.2. The van der Waals surface area contributed by atoms with Crippen LogP contribution in [-0.2, 0) is 14.2 Å². The van der Waals surface area contributed by atoms with Gasteiger partial charge in [0, 0.05) is 32.8 Å². The molecule has 0 aromatic heterocycles. The fourth-order valence-electron chi connectivity index (χ4n) is 2.40. The monoisotopic (exact) mass is 344 g/mol. The average molecular weight is 344 g/mol. The first-order valence-electron chi connectivity index (χ1n) is 8.74. The van der Waals surface area contributed by atoms with Crippen molar-refractivity contribution in [2.24, 2.45) is 4.99 Å². The number of amides is 1. The van der Waals surface area contributed by atoms with Crippen LogP contribution in [0.2, 0.25) is 0 Å². The third-order valence-electron chi connectivity index (χ3n) is 3.64. The van der Waals surface area contributed by atoms with Gasteiger partial charge in [-0.3, -0.25) is 4.99 Å². The number of rotatable bonds is 9. The van der Waals surface area contributed by atoms with Crippen molar-refractivity contribution in [1.29, 1.82) is 0 Å². The Balaban J connectivity index is 2.31. The summed E-state index contributed by atoms with van der Waals surface area (Å²) >= 11 is 0. The van der Waals surface area contributed by atoms with Gasteiger partial charge in [0.25, 0.3) is 0 Å². The molecule has 24 heavy (non-hydrogen) atoms. The number of likely N-dealkylation sites (tertiary alicyclic amines) is 1. The summed E-state index contributed by atoms with van der Waals surface area (Å²) in [6, 6.07) is 0.308. The first-order chi connectivity index (χ1) is 11.7. The van der Waals surface area contributed by atoms with Gasteiger partial charge in [0.1, 0.15) is 0 Å². The third-order valence-corrected chi connectivity index (χ3v) is 3.64. The van der Waals surface area contributed by atoms with E-state index in [4.69, 9.17) is 14.2 Å². The summed E-state index contributed by atoms with van der Waals surface area (Å²) in [5.41, 5.74) is 0. The molecule has 0 aromatic carbocycles. The number of nitrogens with zero attached hydrogens (tertiary/aromatic N) is 2. The highest BCUT2D eigenvalue weighted by molar-refractivity contribution is 5.80. The van der Waals surface area contributed by atoms with Gasteiger partial charge in [-0.05, 0) is 26.7 Å². The number of carbonyl (C=O) groups excluding carboxylic acids is 1. The first kappa shape index (κ1) is 20.5. The second kappa shape index (κ2) is 12.8. The minimum absolute atomic E-state index is 0.218. The van der Waals surface area contributed by atoms with Crippen molar-refractivity contribution >= 4 is 12.1 Å². The Morgan fingerprint density at radius 1 is 1.21 bits per heavy atom. The molecule has 1 fully saturated rings. The summed E-state index contributed by atoms with van der Waals surface area (Å²) in [4.78, 5) is 18.0. The van der Waals surface area contributed by atoms with Crippen LogP contribution in [-0.4, -0.2) is 82.7 Å². The van der Waals surface area contributed by atoms with E-state index >= 15 is 0 Å². The largest absolute Gasteiger partial charge is 0.450 e. The van der Waals surface area contributed by atoms with Gasteiger partial charge in [-0.1, -0.05) is 0 Å². The van der Waals surface area contributed by atoms with Gasteiger partial charge in [0.2, 0.25) is 0 Å². The molecule has 0 atom stereocenters. The van der Waals surface area contributed by atoms with Crippen molar-refractivity contribution in [2.45, 2.75) is 32.7 Å². The number of aliphatic imine (C=N–C) groups is 1. The normalized spacial score (nSPS) is 16.1. The molecule has 1 aliphatic heterocycles. The van der Waals surface area contributed by atoms with E-state index in [1.165, 1.54) is 0 Å². The molecule has 1 saturated heterocycles. The Morgan fingerprint density at radius 2 is 1.96 bits per heavy atom. The molecule has 0 aliphatic carbocycles. The van der Waals surface area contributed by atoms with Gasteiger partial charge in [0.05, 0.1) is 33.0 Å². The molecular formula is C16H32N4O4. The van der Waals surface area contributed by atoms with Gasteiger partial charge in [-0.15, -0.1) is 0 Å². The molecular weight excluding hydrogens is 312 g/mol. The van der Waals surface area contributed by atoms with Crippen LogP contribution in [0.5, 0.6) is 0 Å². The molecule has 1 amide bonds. The zero-order valence-electron chi connectivity index (χ0n) is 15.2. The number of hydrogen-bond donors (Lipinski definition) is 2. The Kier molecular flexibility index (Phi) is 11.0. The van der Waals surface area contributed by atoms with E-state index in [0.29, 0.717) is 52.1 Å². The molecule has 8 heteroatoms. The highest BCUT2D eigenvalue weighted by Crippen LogP contribution is 2.11. The van der Waals surface area contributed by atoms with Crippen LogP contribution in [0, 0.1) is 0 Å². The molecule has 0 unspecified atom stereocenters. The van der Waals surface area contributed by atoms with E-state index in [-0.39, 0.29) is 6.09 Å². The Morgan fingerprint density at radius 3 is 2.58 bits per heavy atom. The van der Waals surface area contributed by atoms with Gasteiger partial charge in [-0.25, -0.2) is 4.79 Å². The van der Waals surface area contributed by atoms with Crippen molar-refractivity contribution in [3.63, 3.8) is 0 Å². The van der Waals surface area contributed by atoms with E-state index < -0.39 is 0 Å². The third kappa shape index (κ3) is 8.35. The van der Waals surface area contributed by atoms with Crippen molar-refractivity contribution < 1.29 is 19.0 Å². The lowest BCUT2D eigenvalue weighted by Gasteiger charge is -2.32. The maximum absolute atomic E-state index is 11.7. The molecule has 0 bridgehead atoms. The Bertz CT molecular complexity index is 371. The number of hydrogen-bond acceptors (Lipinski definition) is 5. The molecule has 140 valence electrons. The number of ether oxygens (including phenoxy) is 3. The van der Waals surface area contributed by atoms with E-state index in [2.05, 4.69) is 15.6 Å². The topological polar surface area (TPSA) is 84.4 Å². The standard InChI is InChI=1S/C16H32N4O4/c1-4-17-15(18-8-11-23-13-12-22-3)19-14-6-9-20(10-7-14)16(21)24-5-2/h14H,4-13H2,1-3H3,(H2,17,18,19). The van der Waals surface area contributed by atoms with Gasteiger partial charge < -0.3 is 29.7 Å². The van der Waals surface area contributed by atoms with Crippen LogP contribution >= 0.6 is 0 Å². The fraction of sp³-hybridized carbons (Fsp3) is 0.875. The predicted octanol–water partition coefficient (Wildman–Crippen LogP) is 0.825. The van der Waals surface area contributed by atoms with Crippen LogP contribution in [0.15, 0.2) is 4.99 Å². The molecule has 8 nitrogen and oxygen atoms in total. The maximum atomic E-state index is 11.7. The number of piperidine rings is 1. The molecule has 0 saturated carbocycles. The first-order valence-corrected chi connectivity index (χ1v) is 8.74. The summed E-state index contributed by atoms with van der Waals surface area (Å²) in [5.74, 6) is 0.794. The van der Waals surface area contributed by atoms with E-state index in [9.17, 15) is 4.79 Å². The Labute approximate surface area is 144 Å². The summed E-state index contributed by atoms with van der Waals surface area (Å²) in [7, 11) is 1.65. The van der Waals surface area contributed by atoms with E-state index in [1.807, 2.05) is 13.8 Å². The van der Waals surface area contributed by atoms with Crippen LogP contribution in [0.1, 0.15) is 26.7 Å². The lowest BCUT2D eigenvalue weighted by molar-refractivity contribution is 0.0748. The summed E-state index contributed by atoms with van der Waals surface area (Å²) in [5, 5.41) is 6.67. The van der Waals surface area contributed by atoms with Crippen LogP contribution in [0.4, 0.5) is 4.79 Å². The molecule has 1 heterocycles. The minimum atomic E-state index is -0.218. The van der Waals surface area contributed by atoms with Crippen molar-refractivity contribution in [1.82, 2.24) is 15.5 Å². The fourth-order valence-corrected chi connectivity index (χ4v) is 2.40. The van der Waals surface area contributed by atoms with Crippen LogP contribution in [0.25, 0.3) is 0 Å². The van der Waals surface area contributed by atoms with Gasteiger partial charge in [-0.2, -0.15) is 0 Å². The van der Waals surface area contributed by atoms with Crippen molar-refractivity contribution in [3.8, 4) is 0 Å². The molecule has 0 radical (unpaired) electrons. The number of carbonyl (C=O) groups is 1. The number of nitrogens with one attached hydrogen (secondary N) is 2. The molecule has 1 rings (SSSR count). The molecule has 1 aliphatic rings. The average Bonchev–Trinajstić information content (AvgIpc) is 2.59. The summed E-state index contributed by atoms with van der Waals surface area (Å²) < 4.78 is 15.4. The second-order valence-electron chi connectivity index (χ2n) is 5.47. The van der Waals surface area contributed by atoms with Crippen molar-refractivity contribution in [3.05, 3.63) is 0 Å². The van der Waals surface area contributed by atoms with Gasteiger partial charge >= 0.3 is 6.09 Å². The van der Waals surface area contributed by atoms with E-state index in [0.717, 1.165) is 25.3 Å². The second-order valence-corrected chi connectivity index (χ2v) is 5.47. The smallest absolute Gasteiger partial charge is 0.409 e. The zero-order chi connectivity index (χ0) is 17.6. The van der Waals surface area contributed by atoms with Crippen molar-refractivity contribution in [2.75, 3.05) is 59.7 Å². The van der Waals surface area contributed by atoms with Crippen LogP contribution in [0.3, 0.4) is 0 Å². The van der Waals surface area contributed by atoms with Crippen LogP contribution < -0.4 is 10.6 Å². The summed E-state index contributed by atoms with van der Waals surface area (Å²) in [6.45, 7) is 8.84. The minimum Gasteiger partial charge on any atom is -0.450 e. The Hall–Kier alpha value is -1.54. The van der Waals surface area contributed by atoms with E-state index in [1.54, 1.807) is 12.0 Å². The highest BCUT2D eigenvalue weighted by Gasteiger charge is 2.23. The molecule has 0 aromatic rings.